The Balaban J connectivity index is 2.17. The Morgan fingerprint density at radius 2 is 2.00 bits per heavy atom. The first-order chi connectivity index (χ1) is 10.1. The molecule has 3 rings (SSSR count). The van der Waals surface area contributed by atoms with Crippen molar-refractivity contribution in [3.63, 3.8) is 0 Å². The molecule has 2 heterocycles. The van der Waals surface area contributed by atoms with Gasteiger partial charge in [0.05, 0.1) is 0 Å². The monoisotopic (exact) mass is 282 g/mol. The minimum atomic E-state index is 0.364. The zero-order chi connectivity index (χ0) is 15.0. The Kier molecular flexibility index (Phi) is 3.53. The number of benzene rings is 1. The maximum absolute atomic E-state index is 4.61. The van der Waals surface area contributed by atoms with Gasteiger partial charge < -0.3 is 10.2 Å². The largest absolute Gasteiger partial charge is 0.373 e. The van der Waals surface area contributed by atoms with Crippen molar-refractivity contribution in [3.05, 3.63) is 41.7 Å². The average molecular weight is 282 g/mol. The molecule has 0 amide bonds. The van der Waals surface area contributed by atoms with Crippen molar-refractivity contribution in [2.75, 3.05) is 17.3 Å². The summed E-state index contributed by atoms with van der Waals surface area (Å²) in [5.74, 6) is 2.32. The van der Waals surface area contributed by atoms with E-state index in [1.54, 1.807) is 6.33 Å². The van der Waals surface area contributed by atoms with Gasteiger partial charge in [0.15, 0.2) is 0 Å². The SMILES string of the molecule is CNc1ncnc(N2c3ccccc3CC2C)c1C(C)C. The number of para-hydroxylation sites is 1. The van der Waals surface area contributed by atoms with Crippen LogP contribution in [0.2, 0.25) is 0 Å². The predicted molar refractivity (Wildman–Crippen MR) is 87.4 cm³/mol. The van der Waals surface area contributed by atoms with Gasteiger partial charge in [0, 0.05) is 24.3 Å². The average Bonchev–Trinajstić information content (AvgIpc) is 2.81. The summed E-state index contributed by atoms with van der Waals surface area (Å²) in [7, 11) is 1.92. The van der Waals surface area contributed by atoms with E-state index in [0.29, 0.717) is 12.0 Å². The Bertz CT molecular complexity index is 651. The van der Waals surface area contributed by atoms with Crippen LogP contribution in [-0.4, -0.2) is 23.1 Å². The number of nitrogens with one attached hydrogen (secondary N) is 1. The fraction of sp³-hybridized carbons (Fsp3) is 0.412. The highest BCUT2D eigenvalue weighted by atomic mass is 15.2. The molecule has 1 atom stereocenters. The normalized spacial score (nSPS) is 17.2. The molecule has 0 saturated heterocycles. The number of hydrogen-bond acceptors (Lipinski definition) is 4. The fourth-order valence-corrected chi connectivity index (χ4v) is 3.20. The molecule has 1 aliphatic rings. The highest BCUT2D eigenvalue weighted by Crippen LogP contribution is 2.41. The molecule has 0 fully saturated rings. The van der Waals surface area contributed by atoms with Crippen LogP contribution in [-0.2, 0) is 6.42 Å². The van der Waals surface area contributed by atoms with Gasteiger partial charge in [-0.2, -0.15) is 0 Å². The van der Waals surface area contributed by atoms with E-state index in [0.717, 1.165) is 18.1 Å². The molecule has 110 valence electrons. The number of rotatable bonds is 3. The van der Waals surface area contributed by atoms with Gasteiger partial charge in [-0.3, -0.25) is 0 Å². The molecular weight excluding hydrogens is 260 g/mol. The Morgan fingerprint density at radius 1 is 1.24 bits per heavy atom. The van der Waals surface area contributed by atoms with Gasteiger partial charge in [-0.15, -0.1) is 0 Å². The molecule has 4 heteroatoms. The van der Waals surface area contributed by atoms with Gasteiger partial charge in [-0.25, -0.2) is 9.97 Å². The number of nitrogens with zero attached hydrogens (tertiary/aromatic N) is 3. The van der Waals surface area contributed by atoms with Crippen molar-refractivity contribution < 1.29 is 0 Å². The number of aromatic nitrogens is 2. The lowest BCUT2D eigenvalue weighted by Crippen LogP contribution is -2.26. The highest BCUT2D eigenvalue weighted by Gasteiger charge is 2.30. The maximum atomic E-state index is 4.61. The molecular formula is C17H22N4. The maximum Gasteiger partial charge on any atom is 0.142 e. The second-order valence-corrected chi connectivity index (χ2v) is 5.92. The molecule has 0 spiro atoms. The molecule has 4 nitrogen and oxygen atoms in total. The number of fused-ring (bicyclic) bond motifs is 1. The van der Waals surface area contributed by atoms with Crippen LogP contribution in [0.25, 0.3) is 0 Å². The molecule has 0 bridgehead atoms. The topological polar surface area (TPSA) is 41.1 Å². The number of anilines is 3. The van der Waals surface area contributed by atoms with Crippen LogP contribution in [0.4, 0.5) is 17.3 Å². The van der Waals surface area contributed by atoms with E-state index >= 15 is 0 Å². The third-order valence-corrected chi connectivity index (χ3v) is 4.11. The van der Waals surface area contributed by atoms with Crippen molar-refractivity contribution in [2.24, 2.45) is 0 Å². The van der Waals surface area contributed by atoms with E-state index in [9.17, 15) is 0 Å². The molecule has 1 N–H and O–H groups in total. The van der Waals surface area contributed by atoms with Gasteiger partial charge in [0.1, 0.15) is 18.0 Å². The first kappa shape index (κ1) is 13.9. The summed E-state index contributed by atoms with van der Waals surface area (Å²) in [4.78, 5) is 11.4. The molecule has 1 aromatic carbocycles. The van der Waals surface area contributed by atoms with Crippen LogP contribution >= 0.6 is 0 Å². The first-order valence-corrected chi connectivity index (χ1v) is 7.53. The van der Waals surface area contributed by atoms with Crippen LogP contribution in [0.15, 0.2) is 30.6 Å². The van der Waals surface area contributed by atoms with E-state index in [1.165, 1.54) is 16.8 Å². The summed E-state index contributed by atoms with van der Waals surface area (Å²) in [6, 6.07) is 9.02. The minimum absolute atomic E-state index is 0.364. The quantitative estimate of drug-likeness (QED) is 0.931. The summed E-state index contributed by atoms with van der Waals surface area (Å²) >= 11 is 0. The van der Waals surface area contributed by atoms with Gasteiger partial charge in [0.25, 0.3) is 0 Å². The Hall–Kier alpha value is -2.10. The minimum Gasteiger partial charge on any atom is -0.373 e. The lowest BCUT2D eigenvalue weighted by molar-refractivity contribution is 0.735. The van der Waals surface area contributed by atoms with Crippen molar-refractivity contribution >= 4 is 17.3 Å². The lowest BCUT2D eigenvalue weighted by atomic mass is 10.0. The molecule has 0 radical (unpaired) electrons. The Labute approximate surface area is 126 Å². The van der Waals surface area contributed by atoms with Crippen molar-refractivity contribution in [2.45, 2.75) is 39.2 Å². The summed E-state index contributed by atoms with van der Waals surface area (Å²) in [5, 5.41) is 3.20. The molecule has 21 heavy (non-hydrogen) atoms. The van der Waals surface area contributed by atoms with Crippen LogP contribution in [0.3, 0.4) is 0 Å². The van der Waals surface area contributed by atoms with Gasteiger partial charge in [0.2, 0.25) is 0 Å². The molecule has 2 aromatic rings. The smallest absolute Gasteiger partial charge is 0.142 e. The van der Waals surface area contributed by atoms with E-state index < -0.39 is 0 Å². The van der Waals surface area contributed by atoms with Crippen LogP contribution in [0, 0.1) is 0 Å². The highest BCUT2D eigenvalue weighted by molar-refractivity contribution is 5.73. The molecule has 0 aliphatic carbocycles. The van der Waals surface area contributed by atoms with Crippen LogP contribution in [0.5, 0.6) is 0 Å². The zero-order valence-electron chi connectivity index (χ0n) is 13.1. The molecule has 1 unspecified atom stereocenters. The summed E-state index contributed by atoms with van der Waals surface area (Å²) in [6.45, 7) is 6.64. The summed E-state index contributed by atoms with van der Waals surface area (Å²) < 4.78 is 0. The number of hydrogen-bond donors (Lipinski definition) is 1. The third-order valence-electron chi connectivity index (χ3n) is 4.11. The second kappa shape index (κ2) is 5.35. The van der Waals surface area contributed by atoms with Gasteiger partial charge in [-0.1, -0.05) is 32.0 Å². The van der Waals surface area contributed by atoms with Crippen molar-refractivity contribution in [3.8, 4) is 0 Å². The van der Waals surface area contributed by atoms with E-state index in [-0.39, 0.29) is 0 Å². The fourth-order valence-electron chi connectivity index (χ4n) is 3.20. The molecule has 0 saturated carbocycles. The van der Waals surface area contributed by atoms with Crippen molar-refractivity contribution in [1.29, 1.82) is 0 Å². The molecule has 1 aliphatic heterocycles. The second-order valence-electron chi connectivity index (χ2n) is 5.92. The lowest BCUT2D eigenvalue weighted by Gasteiger charge is -2.28. The van der Waals surface area contributed by atoms with Gasteiger partial charge in [-0.05, 0) is 30.9 Å². The predicted octanol–water partition coefficient (Wildman–Crippen LogP) is 3.72. The van der Waals surface area contributed by atoms with E-state index in [4.69, 9.17) is 0 Å². The Morgan fingerprint density at radius 3 is 2.71 bits per heavy atom. The van der Waals surface area contributed by atoms with E-state index in [1.807, 2.05) is 7.05 Å². The third kappa shape index (κ3) is 2.24. The zero-order valence-corrected chi connectivity index (χ0v) is 13.1. The standard InChI is InChI=1S/C17H22N4/c1-11(2)15-16(18-4)19-10-20-17(15)21-12(3)9-13-7-5-6-8-14(13)21/h5-8,10-12H,9H2,1-4H3,(H,18,19,20). The molecule has 1 aromatic heterocycles. The van der Waals surface area contributed by atoms with Gasteiger partial charge >= 0.3 is 0 Å². The van der Waals surface area contributed by atoms with Crippen LogP contribution in [0.1, 0.15) is 37.8 Å². The van der Waals surface area contributed by atoms with Crippen molar-refractivity contribution in [1.82, 2.24) is 9.97 Å². The summed E-state index contributed by atoms with van der Waals surface area (Å²) in [6.07, 6.45) is 2.72. The first-order valence-electron chi connectivity index (χ1n) is 7.53. The van der Waals surface area contributed by atoms with Crippen LogP contribution < -0.4 is 10.2 Å². The van der Waals surface area contributed by atoms with E-state index in [2.05, 4.69) is 65.2 Å². The summed E-state index contributed by atoms with van der Waals surface area (Å²) in [5.41, 5.74) is 3.85.